The number of carboxylic acids is 1. The number of fused-ring (bicyclic) bond motifs is 1. The maximum absolute atomic E-state index is 12.3. The summed E-state index contributed by atoms with van der Waals surface area (Å²) in [6, 6.07) is 13.6. The van der Waals surface area contributed by atoms with Gasteiger partial charge in [-0.25, -0.2) is 4.79 Å². The second-order valence-corrected chi connectivity index (χ2v) is 5.86. The van der Waals surface area contributed by atoms with Crippen LogP contribution in [0.3, 0.4) is 0 Å². The Morgan fingerprint density at radius 3 is 2.65 bits per heavy atom. The van der Waals surface area contributed by atoms with Gasteiger partial charge in [0.05, 0.1) is 17.6 Å². The van der Waals surface area contributed by atoms with Gasteiger partial charge in [0.25, 0.3) is 5.56 Å². The first kappa shape index (κ1) is 15.3. The number of hydrogen-bond acceptors (Lipinski definition) is 2. The second kappa shape index (κ2) is 5.89. The standard InChI is InChI=1S/C18H14ClNO3/c1-11-7-14(18(22)23)9-13-5-6-16(21)20(17(11)13)10-12-3-2-4-15(19)8-12/h2-9H,10H2,1H3,(H,22,23). The van der Waals surface area contributed by atoms with Gasteiger partial charge in [-0.2, -0.15) is 0 Å². The minimum atomic E-state index is -0.984. The molecular formula is C18H14ClNO3. The van der Waals surface area contributed by atoms with Crippen LogP contribution in [0, 0.1) is 6.92 Å². The molecule has 4 nitrogen and oxygen atoms in total. The molecule has 1 aromatic heterocycles. The summed E-state index contributed by atoms with van der Waals surface area (Å²) in [6.45, 7) is 2.19. The normalized spacial score (nSPS) is 10.9. The van der Waals surface area contributed by atoms with Crippen molar-refractivity contribution in [2.24, 2.45) is 0 Å². The van der Waals surface area contributed by atoms with Gasteiger partial charge in [0, 0.05) is 11.1 Å². The number of rotatable bonds is 3. The third-order valence-corrected chi connectivity index (χ3v) is 3.98. The van der Waals surface area contributed by atoms with Gasteiger partial charge in [-0.15, -0.1) is 0 Å². The topological polar surface area (TPSA) is 59.3 Å². The highest BCUT2D eigenvalue weighted by Gasteiger charge is 2.11. The molecule has 0 unspecified atom stereocenters. The lowest BCUT2D eigenvalue weighted by molar-refractivity contribution is 0.0697. The van der Waals surface area contributed by atoms with Crippen molar-refractivity contribution in [3.63, 3.8) is 0 Å². The molecule has 0 saturated heterocycles. The van der Waals surface area contributed by atoms with Crippen molar-refractivity contribution in [1.82, 2.24) is 4.57 Å². The Balaban J connectivity index is 2.21. The highest BCUT2D eigenvalue weighted by molar-refractivity contribution is 6.30. The number of pyridine rings is 1. The monoisotopic (exact) mass is 327 g/mol. The van der Waals surface area contributed by atoms with Gasteiger partial charge >= 0.3 is 5.97 Å². The molecule has 2 aromatic carbocycles. The van der Waals surface area contributed by atoms with Crippen LogP contribution in [-0.4, -0.2) is 15.6 Å². The van der Waals surface area contributed by atoms with E-state index < -0.39 is 5.97 Å². The van der Waals surface area contributed by atoms with Gasteiger partial charge in [-0.05, 0) is 53.8 Å². The molecule has 0 aliphatic rings. The molecule has 0 radical (unpaired) electrons. The van der Waals surface area contributed by atoms with Gasteiger partial charge in [0.1, 0.15) is 0 Å². The fourth-order valence-electron chi connectivity index (χ4n) is 2.76. The Kier molecular flexibility index (Phi) is 3.92. The fraction of sp³-hybridized carbons (Fsp3) is 0.111. The quantitative estimate of drug-likeness (QED) is 0.797. The molecule has 0 amide bonds. The van der Waals surface area contributed by atoms with Gasteiger partial charge in [0.15, 0.2) is 0 Å². The summed E-state index contributed by atoms with van der Waals surface area (Å²) >= 11 is 6.00. The van der Waals surface area contributed by atoms with Crippen LogP contribution in [0.4, 0.5) is 0 Å². The van der Waals surface area contributed by atoms with E-state index in [-0.39, 0.29) is 11.1 Å². The molecule has 0 spiro atoms. The Bertz CT molecular complexity index is 976. The van der Waals surface area contributed by atoms with E-state index in [1.54, 1.807) is 28.8 Å². The Morgan fingerprint density at radius 2 is 1.96 bits per heavy atom. The van der Waals surface area contributed by atoms with Crippen molar-refractivity contribution >= 4 is 28.5 Å². The van der Waals surface area contributed by atoms with Crippen LogP contribution in [-0.2, 0) is 6.54 Å². The molecule has 0 fully saturated rings. The van der Waals surface area contributed by atoms with E-state index in [0.717, 1.165) is 22.0 Å². The minimum Gasteiger partial charge on any atom is -0.478 e. The molecule has 0 bridgehead atoms. The molecule has 3 aromatic rings. The van der Waals surface area contributed by atoms with Crippen molar-refractivity contribution in [1.29, 1.82) is 0 Å². The van der Waals surface area contributed by atoms with Crippen LogP contribution in [0.15, 0.2) is 53.3 Å². The third-order valence-electron chi connectivity index (χ3n) is 3.75. The SMILES string of the molecule is Cc1cc(C(=O)O)cc2ccc(=O)n(Cc3cccc(Cl)c3)c12. The van der Waals surface area contributed by atoms with E-state index >= 15 is 0 Å². The van der Waals surface area contributed by atoms with Crippen molar-refractivity contribution in [2.75, 3.05) is 0 Å². The maximum Gasteiger partial charge on any atom is 0.335 e. The number of hydrogen-bond donors (Lipinski definition) is 1. The first-order valence-corrected chi connectivity index (χ1v) is 7.45. The van der Waals surface area contributed by atoms with Crippen molar-refractivity contribution in [3.8, 4) is 0 Å². The van der Waals surface area contributed by atoms with E-state index in [1.807, 2.05) is 25.1 Å². The third kappa shape index (κ3) is 2.98. The van der Waals surface area contributed by atoms with Gasteiger partial charge in [-0.3, -0.25) is 4.79 Å². The molecule has 1 heterocycles. The Labute approximate surface area is 137 Å². The number of nitrogens with zero attached hydrogens (tertiary/aromatic N) is 1. The Hall–Kier alpha value is -2.59. The van der Waals surface area contributed by atoms with E-state index in [4.69, 9.17) is 11.6 Å². The fourth-order valence-corrected chi connectivity index (χ4v) is 2.98. The zero-order valence-corrected chi connectivity index (χ0v) is 13.2. The molecule has 0 saturated carbocycles. The molecule has 0 aliphatic carbocycles. The Morgan fingerprint density at radius 1 is 1.17 bits per heavy atom. The largest absolute Gasteiger partial charge is 0.478 e. The number of carboxylic acid groups (broad SMARTS) is 1. The lowest BCUT2D eigenvalue weighted by atomic mass is 10.1. The predicted octanol–water partition coefficient (Wildman–Crippen LogP) is 3.71. The van der Waals surface area contributed by atoms with Crippen molar-refractivity contribution < 1.29 is 9.90 Å². The predicted molar refractivity (Wildman–Crippen MR) is 90.5 cm³/mol. The summed E-state index contributed by atoms with van der Waals surface area (Å²) in [4.78, 5) is 23.5. The number of halogens is 1. The number of aryl methyl sites for hydroxylation is 1. The number of benzene rings is 2. The molecule has 0 atom stereocenters. The van der Waals surface area contributed by atoms with Crippen LogP contribution >= 0.6 is 11.6 Å². The lowest BCUT2D eigenvalue weighted by Gasteiger charge is -2.13. The summed E-state index contributed by atoms with van der Waals surface area (Å²) in [5, 5.41) is 10.5. The van der Waals surface area contributed by atoms with E-state index in [2.05, 4.69) is 0 Å². The number of aromatic carboxylic acids is 1. The number of aromatic nitrogens is 1. The molecule has 1 N–H and O–H groups in total. The second-order valence-electron chi connectivity index (χ2n) is 5.42. The van der Waals surface area contributed by atoms with Gasteiger partial charge in [-0.1, -0.05) is 23.7 Å². The van der Waals surface area contributed by atoms with Crippen LogP contribution in [0.5, 0.6) is 0 Å². The first-order valence-electron chi connectivity index (χ1n) is 7.07. The van der Waals surface area contributed by atoms with Crippen molar-refractivity contribution in [3.05, 3.63) is 80.6 Å². The zero-order valence-electron chi connectivity index (χ0n) is 12.4. The minimum absolute atomic E-state index is 0.136. The van der Waals surface area contributed by atoms with E-state index in [0.29, 0.717) is 11.6 Å². The first-order chi connectivity index (χ1) is 11.0. The zero-order chi connectivity index (χ0) is 16.6. The highest BCUT2D eigenvalue weighted by Crippen LogP contribution is 2.21. The molecular weight excluding hydrogens is 314 g/mol. The highest BCUT2D eigenvalue weighted by atomic mass is 35.5. The van der Waals surface area contributed by atoms with Crippen LogP contribution in [0.25, 0.3) is 10.9 Å². The van der Waals surface area contributed by atoms with Crippen molar-refractivity contribution in [2.45, 2.75) is 13.5 Å². The van der Waals surface area contributed by atoms with Crippen LogP contribution in [0.2, 0.25) is 5.02 Å². The van der Waals surface area contributed by atoms with Crippen LogP contribution in [0.1, 0.15) is 21.5 Å². The number of carbonyl (C=O) groups is 1. The molecule has 23 heavy (non-hydrogen) atoms. The molecule has 116 valence electrons. The average molecular weight is 328 g/mol. The molecule has 0 aliphatic heterocycles. The summed E-state index contributed by atoms with van der Waals surface area (Å²) in [7, 11) is 0. The summed E-state index contributed by atoms with van der Waals surface area (Å²) in [5.41, 5.74) is 2.47. The smallest absolute Gasteiger partial charge is 0.335 e. The van der Waals surface area contributed by atoms with Gasteiger partial charge < -0.3 is 9.67 Å². The van der Waals surface area contributed by atoms with Gasteiger partial charge in [0.2, 0.25) is 0 Å². The summed E-state index contributed by atoms with van der Waals surface area (Å²) in [5.74, 6) is -0.984. The summed E-state index contributed by atoms with van der Waals surface area (Å²) in [6.07, 6.45) is 0. The van der Waals surface area contributed by atoms with Crippen LogP contribution < -0.4 is 5.56 Å². The molecule has 3 rings (SSSR count). The average Bonchev–Trinajstić information content (AvgIpc) is 2.50. The lowest BCUT2D eigenvalue weighted by Crippen LogP contribution is -2.20. The molecule has 5 heteroatoms. The maximum atomic E-state index is 12.3. The summed E-state index contributed by atoms with van der Waals surface area (Å²) < 4.78 is 1.64. The van der Waals surface area contributed by atoms with E-state index in [1.165, 1.54) is 6.07 Å². The van der Waals surface area contributed by atoms with E-state index in [9.17, 15) is 14.7 Å².